The fourth-order valence-corrected chi connectivity index (χ4v) is 6.15. The van der Waals surface area contributed by atoms with E-state index in [1.54, 1.807) is 6.92 Å². The van der Waals surface area contributed by atoms with E-state index in [2.05, 4.69) is 10.6 Å². The number of rotatable bonds is 5. The van der Waals surface area contributed by atoms with Gasteiger partial charge in [0.25, 0.3) is 5.91 Å². The zero-order chi connectivity index (χ0) is 21.5. The van der Waals surface area contributed by atoms with Crippen molar-refractivity contribution in [2.45, 2.75) is 64.3 Å². The Balaban J connectivity index is 1.50. The molecule has 1 aromatic heterocycles. The summed E-state index contributed by atoms with van der Waals surface area (Å²) in [6, 6.07) is -0.525. The van der Waals surface area contributed by atoms with Gasteiger partial charge < -0.3 is 15.4 Å². The predicted molar refractivity (Wildman–Crippen MR) is 112 cm³/mol. The van der Waals surface area contributed by atoms with Gasteiger partial charge in [0.2, 0.25) is 5.91 Å². The molecule has 0 aromatic carbocycles. The molecule has 1 saturated carbocycles. The highest BCUT2D eigenvalue weighted by Crippen LogP contribution is 2.40. The fourth-order valence-electron chi connectivity index (χ4n) is 4.86. The van der Waals surface area contributed by atoms with Crippen LogP contribution in [0.5, 0.6) is 0 Å². The van der Waals surface area contributed by atoms with Gasteiger partial charge >= 0.3 is 12.0 Å². The predicted octanol–water partition coefficient (Wildman–Crippen LogP) is 2.85. The van der Waals surface area contributed by atoms with Crippen LogP contribution in [0.1, 0.15) is 66.8 Å². The maximum absolute atomic E-state index is 13.1. The van der Waals surface area contributed by atoms with Gasteiger partial charge in [-0.1, -0.05) is 19.8 Å². The number of imide groups is 1. The van der Waals surface area contributed by atoms with E-state index in [0.717, 1.165) is 53.9 Å². The highest BCUT2D eigenvalue weighted by molar-refractivity contribution is 7.17. The van der Waals surface area contributed by atoms with E-state index in [1.165, 1.54) is 11.3 Å². The summed E-state index contributed by atoms with van der Waals surface area (Å²) < 4.78 is 5.18. The van der Waals surface area contributed by atoms with E-state index in [4.69, 9.17) is 4.74 Å². The first-order valence-corrected chi connectivity index (χ1v) is 11.4. The minimum absolute atomic E-state index is 0.0337. The number of anilines is 1. The fraction of sp³-hybridized carbons (Fsp3) is 0.619. The van der Waals surface area contributed by atoms with Crippen LogP contribution in [-0.2, 0) is 27.2 Å². The van der Waals surface area contributed by atoms with E-state index in [1.807, 2.05) is 6.92 Å². The Labute approximate surface area is 179 Å². The molecule has 4 rings (SSSR count). The number of hydrogen-bond donors (Lipinski definition) is 2. The van der Waals surface area contributed by atoms with E-state index in [-0.39, 0.29) is 25.0 Å². The molecule has 30 heavy (non-hydrogen) atoms. The third-order valence-electron chi connectivity index (χ3n) is 6.46. The number of carbonyl (C=O) groups excluding carboxylic acids is 4. The van der Waals surface area contributed by atoms with Gasteiger partial charge in [-0.3, -0.25) is 14.5 Å². The second-order valence-electron chi connectivity index (χ2n) is 8.27. The normalized spacial score (nSPS) is 25.4. The molecule has 3 aliphatic rings. The van der Waals surface area contributed by atoms with E-state index in [9.17, 15) is 19.2 Å². The topological polar surface area (TPSA) is 105 Å². The average molecular weight is 434 g/mol. The molecule has 1 aliphatic heterocycles. The third-order valence-corrected chi connectivity index (χ3v) is 7.66. The van der Waals surface area contributed by atoms with Gasteiger partial charge in [0.1, 0.15) is 17.1 Å². The average Bonchev–Trinajstić information content (AvgIpc) is 3.33. The first-order valence-electron chi connectivity index (χ1n) is 10.6. The summed E-state index contributed by atoms with van der Waals surface area (Å²) >= 11 is 1.38. The molecule has 162 valence electrons. The molecule has 0 radical (unpaired) electrons. The Morgan fingerprint density at radius 3 is 2.80 bits per heavy atom. The second kappa shape index (κ2) is 8.02. The number of hydrogen-bond acceptors (Lipinski definition) is 6. The first-order chi connectivity index (χ1) is 14.4. The van der Waals surface area contributed by atoms with Gasteiger partial charge in [-0.2, -0.15) is 0 Å². The van der Waals surface area contributed by atoms with E-state index >= 15 is 0 Å². The van der Waals surface area contributed by atoms with E-state index in [0.29, 0.717) is 17.0 Å². The SMILES string of the molecule is CCOC(=O)c1c(NC(=O)CN2C(=O)NC3(CCCCC3C)C2=O)sc2c1CCC2. The van der Waals surface area contributed by atoms with Crippen molar-refractivity contribution >= 4 is 40.2 Å². The minimum Gasteiger partial charge on any atom is -0.462 e. The molecule has 1 saturated heterocycles. The summed E-state index contributed by atoms with van der Waals surface area (Å²) in [5, 5.41) is 6.05. The van der Waals surface area contributed by atoms with Crippen molar-refractivity contribution in [3.63, 3.8) is 0 Å². The van der Waals surface area contributed by atoms with Crippen LogP contribution in [0.2, 0.25) is 0 Å². The number of amides is 4. The van der Waals surface area contributed by atoms with Crippen LogP contribution in [-0.4, -0.2) is 47.4 Å². The van der Waals surface area contributed by atoms with Crippen molar-refractivity contribution in [3.8, 4) is 0 Å². The van der Waals surface area contributed by atoms with Crippen molar-refractivity contribution < 1.29 is 23.9 Å². The summed E-state index contributed by atoms with van der Waals surface area (Å²) in [5.41, 5.74) is 0.464. The van der Waals surface area contributed by atoms with Crippen LogP contribution in [0.25, 0.3) is 0 Å². The molecule has 2 N–H and O–H groups in total. The summed E-state index contributed by atoms with van der Waals surface area (Å²) in [5.74, 6) is -1.23. The lowest BCUT2D eigenvalue weighted by atomic mass is 9.73. The van der Waals surface area contributed by atoms with Crippen molar-refractivity contribution in [1.82, 2.24) is 10.2 Å². The zero-order valence-electron chi connectivity index (χ0n) is 17.3. The summed E-state index contributed by atoms with van der Waals surface area (Å²) in [6.07, 6.45) is 6.01. The van der Waals surface area contributed by atoms with Crippen LogP contribution in [0.4, 0.5) is 9.80 Å². The van der Waals surface area contributed by atoms with Crippen LogP contribution in [0.15, 0.2) is 0 Å². The number of urea groups is 1. The lowest BCUT2D eigenvalue weighted by Crippen LogP contribution is -2.54. The minimum atomic E-state index is -0.893. The van der Waals surface area contributed by atoms with Crippen molar-refractivity contribution in [2.75, 3.05) is 18.5 Å². The maximum atomic E-state index is 13.1. The molecule has 4 amide bonds. The number of esters is 1. The Morgan fingerprint density at radius 2 is 2.07 bits per heavy atom. The molecule has 9 heteroatoms. The Kier molecular flexibility index (Phi) is 5.57. The first kappa shape index (κ1) is 20.8. The van der Waals surface area contributed by atoms with Crippen LogP contribution in [0, 0.1) is 5.92 Å². The molecule has 1 spiro atoms. The number of fused-ring (bicyclic) bond motifs is 1. The summed E-state index contributed by atoms with van der Waals surface area (Å²) in [7, 11) is 0. The Morgan fingerprint density at radius 1 is 1.27 bits per heavy atom. The van der Waals surface area contributed by atoms with Gasteiger partial charge in [-0.05, 0) is 50.5 Å². The maximum Gasteiger partial charge on any atom is 0.341 e. The monoisotopic (exact) mass is 433 g/mol. The number of carbonyl (C=O) groups is 4. The third kappa shape index (κ3) is 3.38. The number of thiophene rings is 1. The van der Waals surface area contributed by atoms with Gasteiger partial charge in [-0.15, -0.1) is 11.3 Å². The molecular formula is C21H27N3O5S. The molecule has 1 aromatic rings. The molecule has 2 unspecified atom stereocenters. The standard InChI is InChI=1S/C21H27N3O5S/c1-3-29-18(26)16-13-8-6-9-14(13)30-17(16)22-15(25)11-24-19(27)21(23-20(24)28)10-5-4-7-12(21)2/h12H,3-11H2,1-2H3,(H,22,25)(H,23,28). The zero-order valence-corrected chi connectivity index (χ0v) is 18.2. The van der Waals surface area contributed by atoms with Crippen molar-refractivity contribution in [2.24, 2.45) is 5.92 Å². The number of nitrogens with one attached hydrogen (secondary N) is 2. The lowest BCUT2D eigenvalue weighted by Gasteiger charge is -2.36. The van der Waals surface area contributed by atoms with Gasteiger partial charge in [-0.25, -0.2) is 9.59 Å². The lowest BCUT2D eigenvalue weighted by molar-refractivity contribution is -0.136. The molecule has 2 atom stereocenters. The summed E-state index contributed by atoms with van der Waals surface area (Å²) in [4.78, 5) is 52.8. The van der Waals surface area contributed by atoms with Gasteiger partial charge in [0.15, 0.2) is 0 Å². The largest absolute Gasteiger partial charge is 0.462 e. The smallest absolute Gasteiger partial charge is 0.341 e. The van der Waals surface area contributed by atoms with Gasteiger partial charge in [0.05, 0.1) is 12.2 Å². The Bertz CT molecular complexity index is 911. The summed E-state index contributed by atoms with van der Waals surface area (Å²) in [6.45, 7) is 3.59. The van der Waals surface area contributed by atoms with Crippen molar-refractivity contribution in [1.29, 1.82) is 0 Å². The quantitative estimate of drug-likeness (QED) is 0.549. The molecule has 2 aliphatic carbocycles. The molecule has 2 fully saturated rings. The molecular weight excluding hydrogens is 406 g/mol. The molecule has 8 nitrogen and oxygen atoms in total. The number of nitrogens with zero attached hydrogens (tertiary/aromatic N) is 1. The van der Waals surface area contributed by atoms with Crippen LogP contribution in [0.3, 0.4) is 0 Å². The van der Waals surface area contributed by atoms with Gasteiger partial charge in [0, 0.05) is 4.88 Å². The van der Waals surface area contributed by atoms with Crippen LogP contribution < -0.4 is 10.6 Å². The highest BCUT2D eigenvalue weighted by Gasteiger charge is 2.55. The number of aryl methyl sites for hydroxylation is 1. The second-order valence-corrected chi connectivity index (χ2v) is 9.37. The Hall–Kier alpha value is -2.42. The highest BCUT2D eigenvalue weighted by atomic mass is 32.1. The van der Waals surface area contributed by atoms with Crippen molar-refractivity contribution in [3.05, 3.63) is 16.0 Å². The molecule has 2 heterocycles. The van der Waals surface area contributed by atoms with Crippen LogP contribution >= 0.6 is 11.3 Å². The van der Waals surface area contributed by atoms with E-state index < -0.39 is 23.4 Å². The molecule has 0 bridgehead atoms. The number of ether oxygens (including phenoxy) is 1.